The van der Waals surface area contributed by atoms with Crippen molar-refractivity contribution in [2.75, 3.05) is 20.2 Å². The summed E-state index contributed by atoms with van der Waals surface area (Å²) in [6.07, 6.45) is 7.28. The molecule has 1 aliphatic heterocycles. The quantitative estimate of drug-likeness (QED) is 0.855. The van der Waals surface area contributed by atoms with Gasteiger partial charge in [0.15, 0.2) is 0 Å². The predicted molar refractivity (Wildman–Crippen MR) is 112 cm³/mol. The van der Waals surface area contributed by atoms with Crippen LogP contribution in [0.25, 0.3) is 11.0 Å². The van der Waals surface area contributed by atoms with Crippen LogP contribution in [0.5, 0.6) is 0 Å². The van der Waals surface area contributed by atoms with Crippen LogP contribution in [0.1, 0.15) is 57.1 Å². The molecule has 27 heavy (non-hydrogen) atoms. The smallest absolute Gasteiger partial charge is 0.326 e. The number of imidazole rings is 1. The van der Waals surface area contributed by atoms with Crippen LogP contribution in [0, 0.1) is 6.92 Å². The number of hydrogen-bond donors (Lipinski definition) is 1. The normalized spacial score (nSPS) is 27.6. The number of likely N-dealkylation sites (tertiary alicyclic amines) is 1. The molecule has 2 aromatic rings. The molecule has 1 saturated heterocycles. The largest absolute Gasteiger partial charge is 0.381 e. The van der Waals surface area contributed by atoms with Gasteiger partial charge in [-0.1, -0.05) is 6.07 Å². The number of benzene rings is 1. The third kappa shape index (κ3) is 3.82. The Morgan fingerprint density at radius 2 is 1.96 bits per heavy atom. The first-order valence-corrected chi connectivity index (χ1v) is 9.99. The van der Waals surface area contributed by atoms with Gasteiger partial charge in [0.05, 0.1) is 17.1 Å². The number of methoxy groups -OCH3 is 1. The van der Waals surface area contributed by atoms with E-state index in [1.54, 1.807) is 0 Å². The minimum Gasteiger partial charge on any atom is -0.381 e. The second kappa shape index (κ2) is 7.98. The van der Waals surface area contributed by atoms with Crippen molar-refractivity contribution >= 4 is 23.4 Å². The van der Waals surface area contributed by atoms with Gasteiger partial charge in [-0.25, -0.2) is 4.79 Å². The van der Waals surface area contributed by atoms with Gasteiger partial charge in [0, 0.05) is 31.8 Å². The second-order valence-corrected chi connectivity index (χ2v) is 8.49. The highest BCUT2D eigenvalue weighted by Crippen LogP contribution is 2.38. The van der Waals surface area contributed by atoms with E-state index in [0.717, 1.165) is 43.4 Å². The van der Waals surface area contributed by atoms with Crippen molar-refractivity contribution in [1.29, 1.82) is 0 Å². The first kappa shape index (κ1) is 20.4. The topological polar surface area (TPSA) is 50.3 Å². The molecule has 2 aliphatic rings. The zero-order chi connectivity index (χ0) is 18.3. The molecule has 0 radical (unpaired) electrons. The molecule has 5 nitrogen and oxygen atoms in total. The molecule has 1 aromatic carbocycles. The lowest BCUT2D eigenvalue weighted by Gasteiger charge is -2.48. The van der Waals surface area contributed by atoms with E-state index in [4.69, 9.17) is 4.74 Å². The molecule has 1 aromatic heterocycles. The molecule has 1 aliphatic carbocycles. The number of rotatable bonds is 3. The summed E-state index contributed by atoms with van der Waals surface area (Å²) in [4.78, 5) is 18.2. The number of aryl methyl sites for hydroxylation is 1. The van der Waals surface area contributed by atoms with Crippen LogP contribution in [0.3, 0.4) is 0 Å². The summed E-state index contributed by atoms with van der Waals surface area (Å²) >= 11 is 0. The molecular formula is C21H32ClN3O2. The number of aromatic amines is 1. The van der Waals surface area contributed by atoms with Gasteiger partial charge < -0.3 is 9.72 Å². The van der Waals surface area contributed by atoms with Gasteiger partial charge in [-0.3, -0.25) is 9.47 Å². The highest BCUT2D eigenvalue weighted by Gasteiger charge is 2.39. The Bertz CT molecular complexity index is 838. The molecule has 150 valence electrons. The lowest BCUT2D eigenvalue weighted by atomic mass is 9.79. The fourth-order valence-electron chi connectivity index (χ4n) is 5.15. The van der Waals surface area contributed by atoms with Crippen molar-refractivity contribution in [3.63, 3.8) is 0 Å². The first-order chi connectivity index (χ1) is 12.5. The number of hydrogen-bond acceptors (Lipinski definition) is 3. The summed E-state index contributed by atoms with van der Waals surface area (Å²) in [6.45, 7) is 6.60. The minimum atomic E-state index is 0. The van der Waals surface area contributed by atoms with Crippen molar-refractivity contribution in [2.24, 2.45) is 0 Å². The Labute approximate surface area is 167 Å². The van der Waals surface area contributed by atoms with Gasteiger partial charge >= 0.3 is 5.69 Å². The van der Waals surface area contributed by atoms with Crippen molar-refractivity contribution in [2.45, 2.75) is 70.1 Å². The maximum atomic E-state index is 12.6. The van der Waals surface area contributed by atoms with E-state index < -0.39 is 0 Å². The molecule has 0 bridgehead atoms. The average Bonchev–Trinajstić information content (AvgIpc) is 2.97. The van der Waals surface area contributed by atoms with Gasteiger partial charge in [0.2, 0.25) is 0 Å². The lowest BCUT2D eigenvalue weighted by molar-refractivity contribution is -0.0287. The number of piperidine rings is 1. The zero-order valence-electron chi connectivity index (χ0n) is 16.7. The van der Waals surface area contributed by atoms with Crippen molar-refractivity contribution in [3.8, 4) is 0 Å². The highest BCUT2D eigenvalue weighted by molar-refractivity contribution is 5.85. The standard InChI is InChI=1S/C21H31N3O2.ClH/c1-15-6-7-18-19(13-15)24(20(25)22-18)16-8-11-23(12-9-16)21(2)10-4-5-17(14-21)26-3;/h6-7,13,16-17H,4-5,8-12,14H2,1-3H3,(H,22,25);1H. The van der Waals surface area contributed by atoms with Crippen LogP contribution in [-0.2, 0) is 4.74 Å². The average molecular weight is 394 g/mol. The molecule has 6 heteroatoms. The molecule has 2 unspecified atom stereocenters. The van der Waals surface area contributed by atoms with Gasteiger partial charge in [0.25, 0.3) is 0 Å². The van der Waals surface area contributed by atoms with E-state index in [-0.39, 0.29) is 23.6 Å². The minimum absolute atomic E-state index is 0. The van der Waals surface area contributed by atoms with Crippen molar-refractivity contribution < 1.29 is 4.74 Å². The maximum absolute atomic E-state index is 12.6. The second-order valence-electron chi connectivity index (χ2n) is 8.49. The molecule has 0 spiro atoms. The molecule has 2 atom stereocenters. The van der Waals surface area contributed by atoms with E-state index in [2.05, 4.69) is 35.9 Å². The Morgan fingerprint density at radius 1 is 1.22 bits per heavy atom. The summed E-state index contributed by atoms with van der Waals surface area (Å²) in [5.41, 5.74) is 3.48. The molecule has 1 N–H and O–H groups in total. The maximum Gasteiger partial charge on any atom is 0.326 e. The fraction of sp³-hybridized carbons (Fsp3) is 0.667. The lowest BCUT2D eigenvalue weighted by Crippen LogP contribution is -2.53. The Kier molecular flexibility index (Phi) is 6.04. The fourth-order valence-corrected chi connectivity index (χ4v) is 5.15. The summed E-state index contributed by atoms with van der Waals surface area (Å²) in [5, 5.41) is 0. The molecular weight excluding hydrogens is 362 g/mol. The summed E-state index contributed by atoms with van der Waals surface area (Å²) in [6, 6.07) is 6.50. The third-order valence-corrected chi connectivity index (χ3v) is 6.71. The van der Waals surface area contributed by atoms with Crippen LogP contribution in [0.2, 0.25) is 0 Å². The molecule has 1 saturated carbocycles. The van der Waals surface area contributed by atoms with Crippen molar-refractivity contribution in [3.05, 3.63) is 34.2 Å². The summed E-state index contributed by atoms with van der Waals surface area (Å²) in [7, 11) is 1.84. The molecule has 0 amide bonds. The van der Waals surface area contributed by atoms with Crippen LogP contribution in [0.15, 0.2) is 23.0 Å². The first-order valence-electron chi connectivity index (χ1n) is 9.99. The Morgan fingerprint density at radius 3 is 2.67 bits per heavy atom. The van der Waals surface area contributed by atoms with E-state index >= 15 is 0 Å². The van der Waals surface area contributed by atoms with E-state index in [9.17, 15) is 4.79 Å². The monoisotopic (exact) mass is 393 g/mol. The SMILES string of the molecule is COC1CCCC(C)(N2CCC(n3c(=O)[nH]c4ccc(C)cc43)CC2)C1.Cl. The molecule has 2 heterocycles. The van der Waals surface area contributed by atoms with Crippen LogP contribution < -0.4 is 5.69 Å². The van der Waals surface area contributed by atoms with E-state index in [1.807, 2.05) is 17.7 Å². The van der Waals surface area contributed by atoms with Gasteiger partial charge in [-0.2, -0.15) is 0 Å². The van der Waals surface area contributed by atoms with E-state index in [0.29, 0.717) is 12.1 Å². The van der Waals surface area contributed by atoms with Gasteiger partial charge in [0.1, 0.15) is 0 Å². The van der Waals surface area contributed by atoms with E-state index in [1.165, 1.54) is 24.8 Å². The number of nitrogens with one attached hydrogen (secondary N) is 1. The third-order valence-electron chi connectivity index (χ3n) is 6.71. The summed E-state index contributed by atoms with van der Waals surface area (Å²) < 4.78 is 7.66. The van der Waals surface area contributed by atoms with Crippen LogP contribution >= 0.6 is 12.4 Å². The van der Waals surface area contributed by atoms with Crippen molar-refractivity contribution in [1.82, 2.24) is 14.5 Å². The Balaban J connectivity index is 0.00000210. The number of fused-ring (bicyclic) bond motifs is 1. The number of halogens is 1. The highest BCUT2D eigenvalue weighted by atomic mass is 35.5. The van der Waals surface area contributed by atoms with Crippen LogP contribution in [-0.4, -0.2) is 46.3 Å². The van der Waals surface area contributed by atoms with Crippen LogP contribution in [0.4, 0.5) is 0 Å². The number of nitrogens with zero attached hydrogens (tertiary/aromatic N) is 2. The number of aromatic nitrogens is 2. The number of H-pyrrole nitrogens is 1. The predicted octanol–water partition coefficient (Wildman–Crippen LogP) is 4.04. The molecule has 4 rings (SSSR count). The number of ether oxygens (including phenoxy) is 1. The summed E-state index contributed by atoms with van der Waals surface area (Å²) in [5.74, 6) is 0. The van der Waals surface area contributed by atoms with Gasteiger partial charge in [-0.05, 0) is 70.1 Å². The molecule has 2 fully saturated rings. The Hall–Kier alpha value is -1.30. The van der Waals surface area contributed by atoms with Gasteiger partial charge in [-0.15, -0.1) is 12.4 Å². The zero-order valence-corrected chi connectivity index (χ0v) is 17.5.